The number of aliphatic hydroxyl groups excluding tert-OH is 1. The summed E-state index contributed by atoms with van der Waals surface area (Å²) in [6.07, 6.45) is -0.618. The van der Waals surface area contributed by atoms with E-state index in [0.29, 0.717) is 0 Å². The molecule has 0 radical (unpaired) electrons. The van der Waals surface area contributed by atoms with E-state index in [9.17, 15) is 5.11 Å². The second-order valence-electron chi connectivity index (χ2n) is 4.99. The van der Waals surface area contributed by atoms with Crippen molar-refractivity contribution in [2.75, 3.05) is 7.11 Å². The number of rotatable bonds is 3. The van der Waals surface area contributed by atoms with Gasteiger partial charge in [-0.25, -0.2) is 0 Å². The summed E-state index contributed by atoms with van der Waals surface area (Å²) in [4.78, 5) is 2.22. The van der Waals surface area contributed by atoms with Gasteiger partial charge in [0.25, 0.3) is 0 Å². The van der Waals surface area contributed by atoms with Crippen LogP contribution in [0.25, 0.3) is 0 Å². The number of hydrogen-bond donors (Lipinski definition) is 1. The van der Waals surface area contributed by atoms with Crippen LogP contribution in [-0.2, 0) is 0 Å². The maximum absolute atomic E-state index is 10.6. The van der Waals surface area contributed by atoms with Crippen LogP contribution in [0.15, 0.2) is 18.2 Å². The molecule has 0 fully saturated rings. The molecule has 19 heavy (non-hydrogen) atoms. The smallest absolute Gasteiger partial charge is 0.125 e. The van der Waals surface area contributed by atoms with Crippen LogP contribution in [0, 0.1) is 27.7 Å². The number of thiophene rings is 1. The van der Waals surface area contributed by atoms with Crippen molar-refractivity contribution in [3.8, 4) is 5.75 Å². The van der Waals surface area contributed by atoms with Crippen LogP contribution >= 0.6 is 11.3 Å². The van der Waals surface area contributed by atoms with Crippen molar-refractivity contribution < 1.29 is 9.84 Å². The van der Waals surface area contributed by atoms with Gasteiger partial charge in [0.15, 0.2) is 0 Å². The van der Waals surface area contributed by atoms with E-state index >= 15 is 0 Å². The van der Waals surface area contributed by atoms with Crippen molar-refractivity contribution in [3.05, 3.63) is 50.2 Å². The molecule has 1 N–H and O–H groups in total. The van der Waals surface area contributed by atoms with Crippen molar-refractivity contribution in [3.63, 3.8) is 0 Å². The minimum atomic E-state index is -0.618. The van der Waals surface area contributed by atoms with Gasteiger partial charge in [-0.15, -0.1) is 11.3 Å². The minimum Gasteiger partial charge on any atom is -0.496 e. The molecule has 0 aliphatic heterocycles. The second kappa shape index (κ2) is 5.35. The van der Waals surface area contributed by atoms with Crippen molar-refractivity contribution in [1.82, 2.24) is 0 Å². The molecule has 0 aliphatic carbocycles. The van der Waals surface area contributed by atoms with Crippen LogP contribution in [-0.4, -0.2) is 12.2 Å². The van der Waals surface area contributed by atoms with Crippen LogP contribution < -0.4 is 4.74 Å². The Morgan fingerprint density at radius 1 is 1.05 bits per heavy atom. The highest BCUT2D eigenvalue weighted by Gasteiger charge is 2.20. The third kappa shape index (κ3) is 2.67. The fourth-order valence-electron chi connectivity index (χ4n) is 2.34. The highest BCUT2D eigenvalue weighted by molar-refractivity contribution is 7.12. The Balaban J connectivity index is 2.51. The van der Waals surface area contributed by atoms with E-state index in [4.69, 9.17) is 4.74 Å². The quantitative estimate of drug-likeness (QED) is 0.915. The lowest BCUT2D eigenvalue weighted by atomic mass is 9.98. The molecule has 0 amide bonds. The lowest BCUT2D eigenvalue weighted by molar-refractivity contribution is 0.217. The van der Waals surface area contributed by atoms with E-state index in [1.54, 1.807) is 18.4 Å². The van der Waals surface area contributed by atoms with Gasteiger partial charge < -0.3 is 9.84 Å². The number of hydrogen-bond acceptors (Lipinski definition) is 3. The standard InChI is InChI=1S/C16H20O2S/c1-9-6-11(3)15(13(7-9)18-5)16(17)14-8-10(2)12(4)19-14/h6-8,16-17H,1-5H3. The van der Waals surface area contributed by atoms with Crippen molar-refractivity contribution in [2.24, 2.45) is 0 Å². The van der Waals surface area contributed by atoms with Crippen LogP contribution in [0.3, 0.4) is 0 Å². The molecule has 102 valence electrons. The Bertz CT molecular complexity index is 580. The molecule has 0 spiro atoms. The Labute approximate surface area is 118 Å². The van der Waals surface area contributed by atoms with Gasteiger partial charge in [0.05, 0.1) is 7.11 Å². The van der Waals surface area contributed by atoms with Gasteiger partial charge in [0, 0.05) is 15.3 Å². The number of aliphatic hydroxyl groups is 1. The summed E-state index contributed by atoms with van der Waals surface area (Å²) >= 11 is 1.64. The maximum Gasteiger partial charge on any atom is 0.125 e. The zero-order valence-corrected chi connectivity index (χ0v) is 12.9. The van der Waals surface area contributed by atoms with Crippen LogP contribution in [0.1, 0.15) is 38.1 Å². The molecule has 0 saturated heterocycles. The lowest BCUT2D eigenvalue weighted by Crippen LogP contribution is -2.04. The first-order valence-electron chi connectivity index (χ1n) is 6.34. The van der Waals surface area contributed by atoms with E-state index in [1.807, 2.05) is 19.9 Å². The Morgan fingerprint density at radius 3 is 2.26 bits per heavy atom. The summed E-state index contributed by atoms with van der Waals surface area (Å²) in [5, 5.41) is 10.6. The molecule has 2 nitrogen and oxygen atoms in total. The summed E-state index contributed by atoms with van der Waals surface area (Å²) in [7, 11) is 1.65. The maximum atomic E-state index is 10.6. The van der Waals surface area contributed by atoms with E-state index in [-0.39, 0.29) is 0 Å². The predicted molar refractivity (Wildman–Crippen MR) is 80.3 cm³/mol. The van der Waals surface area contributed by atoms with E-state index in [2.05, 4.69) is 26.0 Å². The fourth-order valence-corrected chi connectivity index (χ4v) is 3.38. The Morgan fingerprint density at radius 2 is 1.74 bits per heavy atom. The van der Waals surface area contributed by atoms with Gasteiger partial charge in [0.1, 0.15) is 11.9 Å². The van der Waals surface area contributed by atoms with Gasteiger partial charge in [-0.2, -0.15) is 0 Å². The van der Waals surface area contributed by atoms with Gasteiger partial charge in [0.2, 0.25) is 0 Å². The van der Waals surface area contributed by atoms with Crippen molar-refractivity contribution in [1.29, 1.82) is 0 Å². The van der Waals surface area contributed by atoms with Crippen LogP contribution in [0.2, 0.25) is 0 Å². The topological polar surface area (TPSA) is 29.5 Å². The van der Waals surface area contributed by atoms with E-state index < -0.39 is 6.10 Å². The average Bonchev–Trinajstić information content (AvgIpc) is 2.68. The SMILES string of the molecule is COc1cc(C)cc(C)c1C(O)c1cc(C)c(C)s1. The summed E-state index contributed by atoms with van der Waals surface area (Å²) in [5.74, 6) is 0.758. The van der Waals surface area contributed by atoms with E-state index in [1.165, 1.54) is 10.4 Å². The van der Waals surface area contributed by atoms with Crippen LogP contribution in [0.4, 0.5) is 0 Å². The first-order valence-corrected chi connectivity index (χ1v) is 7.15. The minimum absolute atomic E-state index is 0.618. The molecule has 1 unspecified atom stereocenters. The molecule has 1 aromatic heterocycles. The number of benzene rings is 1. The summed E-state index contributed by atoms with van der Waals surface area (Å²) < 4.78 is 5.43. The van der Waals surface area contributed by atoms with E-state index in [0.717, 1.165) is 27.3 Å². The molecular formula is C16H20O2S. The second-order valence-corrected chi connectivity index (χ2v) is 6.28. The molecule has 0 saturated carbocycles. The molecular weight excluding hydrogens is 256 g/mol. The third-order valence-electron chi connectivity index (χ3n) is 3.44. The molecule has 3 heteroatoms. The highest BCUT2D eigenvalue weighted by atomic mass is 32.1. The van der Waals surface area contributed by atoms with Gasteiger partial charge in [-0.3, -0.25) is 0 Å². The molecule has 0 aliphatic rings. The largest absolute Gasteiger partial charge is 0.496 e. The molecule has 1 atom stereocenters. The van der Waals surface area contributed by atoms with Gasteiger partial charge in [-0.05, 0) is 56.5 Å². The third-order valence-corrected chi connectivity index (χ3v) is 4.65. The monoisotopic (exact) mass is 276 g/mol. The Hall–Kier alpha value is -1.32. The van der Waals surface area contributed by atoms with Crippen LogP contribution in [0.5, 0.6) is 5.75 Å². The number of ether oxygens (including phenoxy) is 1. The number of methoxy groups -OCH3 is 1. The van der Waals surface area contributed by atoms with Crippen molar-refractivity contribution >= 4 is 11.3 Å². The summed E-state index contributed by atoms with van der Waals surface area (Å²) in [6.45, 7) is 8.20. The summed E-state index contributed by atoms with van der Waals surface area (Å²) in [5.41, 5.74) is 4.30. The van der Waals surface area contributed by atoms with Gasteiger partial charge >= 0.3 is 0 Å². The lowest BCUT2D eigenvalue weighted by Gasteiger charge is -2.17. The first kappa shape index (κ1) is 14.1. The normalized spacial score (nSPS) is 12.5. The average molecular weight is 276 g/mol. The zero-order valence-electron chi connectivity index (χ0n) is 12.1. The molecule has 2 aromatic rings. The highest BCUT2D eigenvalue weighted by Crippen LogP contribution is 2.37. The van der Waals surface area contributed by atoms with Crippen molar-refractivity contribution in [2.45, 2.75) is 33.8 Å². The summed E-state index contributed by atoms with van der Waals surface area (Å²) in [6, 6.07) is 6.11. The molecule has 0 bridgehead atoms. The molecule has 1 heterocycles. The number of aryl methyl sites for hydroxylation is 4. The predicted octanol–water partition coefficient (Wildman–Crippen LogP) is 4.07. The zero-order chi connectivity index (χ0) is 14.2. The molecule has 2 rings (SSSR count). The van der Waals surface area contributed by atoms with Gasteiger partial charge in [-0.1, -0.05) is 6.07 Å². The first-order chi connectivity index (χ1) is 8.93. The fraction of sp³-hybridized carbons (Fsp3) is 0.375. The molecule has 1 aromatic carbocycles. The Kier molecular flexibility index (Phi) is 3.97.